The molecule has 6 heteroatoms. The Balaban J connectivity index is 2.70. The molecule has 0 aromatic heterocycles. The van der Waals surface area contributed by atoms with Gasteiger partial charge in [-0.25, -0.2) is 8.42 Å². The zero-order chi connectivity index (χ0) is 14.5. The van der Waals surface area contributed by atoms with Crippen molar-refractivity contribution in [1.29, 1.82) is 0 Å². The number of carboxylic acid groups (broad SMARTS) is 1. The molecule has 19 heavy (non-hydrogen) atoms. The van der Waals surface area contributed by atoms with Crippen molar-refractivity contribution in [2.24, 2.45) is 0 Å². The predicted octanol–water partition coefficient (Wildman–Crippen LogP) is 1.04. The van der Waals surface area contributed by atoms with E-state index in [1.165, 1.54) is 12.1 Å². The van der Waals surface area contributed by atoms with Crippen LogP contribution in [0.1, 0.15) is 12.0 Å². The molecule has 1 aromatic carbocycles. The summed E-state index contributed by atoms with van der Waals surface area (Å²) >= 11 is 0. The third-order valence-electron chi connectivity index (χ3n) is 2.66. The molecule has 1 rings (SSSR count). The topological polar surface area (TPSA) is 74.7 Å². The van der Waals surface area contributed by atoms with Crippen molar-refractivity contribution in [1.82, 2.24) is 4.90 Å². The average molecular weight is 285 g/mol. The van der Waals surface area contributed by atoms with Crippen molar-refractivity contribution < 1.29 is 18.3 Å². The van der Waals surface area contributed by atoms with E-state index in [9.17, 15) is 13.2 Å². The fourth-order valence-corrected chi connectivity index (χ4v) is 2.97. The van der Waals surface area contributed by atoms with E-state index >= 15 is 0 Å². The highest BCUT2D eigenvalue weighted by Gasteiger charge is 2.14. The number of rotatable bonds is 7. The summed E-state index contributed by atoms with van der Waals surface area (Å²) in [6.07, 6.45) is 0.479. The number of hydrogen-bond acceptors (Lipinski definition) is 4. The number of sulfone groups is 1. The molecule has 0 amide bonds. The molecule has 0 saturated carbocycles. The van der Waals surface area contributed by atoms with Gasteiger partial charge in [0.15, 0.2) is 9.84 Å². The van der Waals surface area contributed by atoms with Crippen LogP contribution in [0.5, 0.6) is 0 Å². The maximum atomic E-state index is 12.0. The Kier molecular flexibility index (Phi) is 5.50. The van der Waals surface area contributed by atoms with Crippen LogP contribution < -0.4 is 0 Å². The first kappa shape index (κ1) is 15.7. The summed E-state index contributed by atoms with van der Waals surface area (Å²) in [6.45, 7) is 0.719. The predicted molar refractivity (Wildman–Crippen MR) is 73.0 cm³/mol. The van der Waals surface area contributed by atoms with Crippen LogP contribution in [0.4, 0.5) is 0 Å². The quantitative estimate of drug-likeness (QED) is 0.810. The van der Waals surface area contributed by atoms with Crippen LogP contribution in [0.25, 0.3) is 0 Å². The third-order valence-corrected chi connectivity index (χ3v) is 4.47. The van der Waals surface area contributed by atoms with Gasteiger partial charge < -0.3 is 10.0 Å². The summed E-state index contributed by atoms with van der Waals surface area (Å²) in [7, 11) is 0.517. The molecule has 0 atom stereocenters. The van der Waals surface area contributed by atoms with Crippen molar-refractivity contribution in [3.05, 3.63) is 29.8 Å². The molecular formula is C13H19NO4S. The Hall–Kier alpha value is -1.40. The highest BCUT2D eigenvalue weighted by atomic mass is 32.2. The minimum Gasteiger partial charge on any atom is -0.481 e. The monoisotopic (exact) mass is 285 g/mol. The third kappa shape index (κ3) is 5.40. The number of carboxylic acids is 1. The standard InChI is InChI=1S/C13H19NO4S/c1-14(2)8-3-9-19(17,18)12-6-4-11(5-7-12)10-13(15)16/h4-7H,3,8-10H2,1-2H3,(H,15,16). The zero-order valence-corrected chi connectivity index (χ0v) is 12.0. The molecule has 0 aliphatic heterocycles. The van der Waals surface area contributed by atoms with Crippen LogP contribution in [0, 0.1) is 0 Å². The summed E-state index contributed by atoms with van der Waals surface area (Å²) in [6, 6.07) is 6.05. The molecular weight excluding hydrogens is 266 g/mol. The molecule has 5 nitrogen and oxygen atoms in total. The molecule has 0 aliphatic rings. The second-order valence-electron chi connectivity index (χ2n) is 4.69. The van der Waals surface area contributed by atoms with Gasteiger partial charge in [0.2, 0.25) is 0 Å². The Morgan fingerprint density at radius 3 is 2.26 bits per heavy atom. The molecule has 1 N–H and O–H groups in total. The van der Waals surface area contributed by atoms with E-state index in [0.717, 1.165) is 6.54 Å². The minimum absolute atomic E-state index is 0.0963. The first-order valence-corrected chi connectivity index (χ1v) is 7.65. The van der Waals surface area contributed by atoms with Crippen molar-refractivity contribution in [3.63, 3.8) is 0 Å². The van der Waals surface area contributed by atoms with E-state index in [0.29, 0.717) is 12.0 Å². The van der Waals surface area contributed by atoms with Crippen LogP contribution in [0.15, 0.2) is 29.2 Å². The molecule has 0 heterocycles. The lowest BCUT2D eigenvalue weighted by Gasteiger charge is -2.09. The van der Waals surface area contributed by atoms with Crippen molar-refractivity contribution >= 4 is 15.8 Å². The Morgan fingerprint density at radius 2 is 1.79 bits per heavy atom. The molecule has 0 saturated heterocycles. The molecule has 0 aliphatic carbocycles. The lowest BCUT2D eigenvalue weighted by atomic mass is 10.2. The van der Waals surface area contributed by atoms with Gasteiger partial charge in [0.1, 0.15) is 0 Å². The maximum Gasteiger partial charge on any atom is 0.307 e. The summed E-state index contributed by atoms with van der Waals surface area (Å²) in [4.78, 5) is 12.7. The lowest BCUT2D eigenvalue weighted by molar-refractivity contribution is -0.136. The number of hydrogen-bond donors (Lipinski definition) is 1. The van der Waals surface area contributed by atoms with Gasteiger partial charge in [-0.1, -0.05) is 12.1 Å². The first-order chi connectivity index (χ1) is 8.81. The molecule has 0 fully saturated rings. The van der Waals surface area contributed by atoms with Crippen LogP contribution in [-0.4, -0.2) is 50.8 Å². The minimum atomic E-state index is -3.28. The van der Waals surface area contributed by atoms with Gasteiger partial charge in [-0.3, -0.25) is 4.79 Å². The van der Waals surface area contributed by atoms with E-state index in [4.69, 9.17) is 5.11 Å². The molecule has 0 radical (unpaired) electrons. The number of nitrogens with zero attached hydrogens (tertiary/aromatic N) is 1. The highest BCUT2D eigenvalue weighted by molar-refractivity contribution is 7.91. The average Bonchev–Trinajstić information content (AvgIpc) is 2.28. The fourth-order valence-electron chi connectivity index (χ4n) is 1.68. The summed E-state index contributed by atoms with van der Waals surface area (Å²) in [5.74, 6) is -0.828. The number of carbonyl (C=O) groups is 1. The molecule has 0 unspecified atom stereocenters. The van der Waals surface area contributed by atoms with Crippen molar-refractivity contribution in [2.45, 2.75) is 17.7 Å². The first-order valence-electron chi connectivity index (χ1n) is 5.99. The smallest absolute Gasteiger partial charge is 0.307 e. The second kappa shape index (κ2) is 6.68. The largest absolute Gasteiger partial charge is 0.481 e. The van der Waals surface area contributed by atoms with E-state index in [1.54, 1.807) is 12.1 Å². The summed E-state index contributed by atoms with van der Waals surface area (Å²) in [5.41, 5.74) is 0.597. The van der Waals surface area contributed by atoms with Crippen LogP contribution >= 0.6 is 0 Å². The van der Waals surface area contributed by atoms with Gasteiger partial charge in [0.25, 0.3) is 0 Å². The van der Waals surface area contributed by atoms with Gasteiger partial charge in [-0.05, 0) is 44.8 Å². The molecule has 0 bridgehead atoms. The highest BCUT2D eigenvalue weighted by Crippen LogP contribution is 2.14. The van der Waals surface area contributed by atoms with Crippen molar-refractivity contribution in [3.8, 4) is 0 Å². The van der Waals surface area contributed by atoms with Crippen molar-refractivity contribution in [2.75, 3.05) is 26.4 Å². The van der Waals surface area contributed by atoms with Gasteiger partial charge in [-0.2, -0.15) is 0 Å². The van der Waals surface area contributed by atoms with Gasteiger partial charge in [0, 0.05) is 0 Å². The van der Waals surface area contributed by atoms with E-state index in [1.807, 2.05) is 19.0 Å². The second-order valence-corrected chi connectivity index (χ2v) is 6.80. The Labute approximate surface area is 113 Å². The SMILES string of the molecule is CN(C)CCCS(=O)(=O)c1ccc(CC(=O)O)cc1. The van der Waals surface area contributed by atoms with E-state index < -0.39 is 15.8 Å². The van der Waals surface area contributed by atoms with Crippen LogP contribution in [0.3, 0.4) is 0 Å². The maximum absolute atomic E-state index is 12.0. The summed E-state index contributed by atoms with van der Waals surface area (Å²) in [5, 5.41) is 8.64. The normalized spacial score (nSPS) is 11.7. The van der Waals surface area contributed by atoms with Gasteiger partial charge in [0.05, 0.1) is 17.1 Å². The van der Waals surface area contributed by atoms with Crippen LogP contribution in [0.2, 0.25) is 0 Å². The Morgan fingerprint density at radius 1 is 1.21 bits per heavy atom. The summed E-state index contributed by atoms with van der Waals surface area (Å²) < 4.78 is 24.0. The van der Waals surface area contributed by atoms with E-state index in [2.05, 4.69) is 0 Å². The molecule has 106 valence electrons. The van der Waals surface area contributed by atoms with Crippen LogP contribution in [-0.2, 0) is 21.1 Å². The fraction of sp³-hybridized carbons (Fsp3) is 0.462. The van der Waals surface area contributed by atoms with Gasteiger partial charge >= 0.3 is 5.97 Å². The van der Waals surface area contributed by atoms with E-state index in [-0.39, 0.29) is 17.1 Å². The molecule has 0 spiro atoms. The molecule has 1 aromatic rings. The zero-order valence-electron chi connectivity index (χ0n) is 11.2. The number of aliphatic carboxylic acids is 1. The van der Waals surface area contributed by atoms with Gasteiger partial charge in [-0.15, -0.1) is 0 Å². The number of benzene rings is 1. The Bertz CT molecular complexity index is 520. The lowest BCUT2D eigenvalue weighted by Crippen LogP contribution is -2.17.